The van der Waals surface area contributed by atoms with Crippen molar-refractivity contribution in [1.82, 2.24) is 4.98 Å². The van der Waals surface area contributed by atoms with E-state index in [9.17, 15) is 9.90 Å². The average Bonchev–Trinajstić information content (AvgIpc) is 3.18. The fraction of sp³-hybridized carbons (Fsp3) is 0.292. The van der Waals surface area contributed by atoms with Crippen LogP contribution in [0.4, 0.5) is 0 Å². The Morgan fingerprint density at radius 3 is 2.13 bits per heavy atom. The smallest absolute Gasteiger partial charge is 0.260 e. The van der Waals surface area contributed by atoms with Gasteiger partial charge in [-0.2, -0.15) is 0 Å². The van der Waals surface area contributed by atoms with Crippen molar-refractivity contribution >= 4 is 50.4 Å². The van der Waals surface area contributed by atoms with Crippen molar-refractivity contribution in [2.24, 2.45) is 11.8 Å². The molecule has 1 N–H and O–H groups in total. The van der Waals surface area contributed by atoms with E-state index in [1.165, 1.54) is 17.0 Å². The molecule has 1 aromatic heterocycles. The molecule has 283 valence electrons. The van der Waals surface area contributed by atoms with Crippen LogP contribution in [0.1, 0.15) is 79.7 Å². The summed E-state index contributed by atoms with van der Waals surface area (Å²) in [6.45, 7) is 14.9. The number of nitrogens with zero attached hydrogens (tertiary/aromatic N) is 1. The Morgan fingerprint density at radius 2 is 1.42 bits per heavy atom. The summed E-state index contributed by atoms with van der Waals surface area (Å²) in [5.74, 6) is 4.04. The molecule has 0 atom stereocenters. The first kappa shape index (κ1) is 40.0. The van der Waals surface area contributed by atoms with E-state index in [1.54, 1.807) is 0 Å². The first-order valence-electron chi connectivity index (χ1n) is 19.5. The van der Waals surface area contributed by atoms with Crippen LogP contribution in [-0.2, 0) is 30.3 Å². The van der Waals surface area contributed by atoms with Gasteiger partial charge in [-0.25, -0.2) is 0 Å². The normalized spacial score (nSPS) is 12.9. The van der Waals surface area contributed by atoms with Gasteiger partial charge in [-0.1, -0.05) is 114 Å². The van der Waals surface area contributed by atoms with E-state index in [1.807, 2.05) is 64.2 Å². The number of carbonyl (C=O) groups is 1. The summed E-state index contributed by atoms with van der Waals surface area (Å²) in [4.78, 5) is 16.6. The van der Waals surface area contributed by atoms with Crippen molar-refractivity contribution in [2.45, 2.75) is 79.6 Å². The molecular weight excluding hydrogens is 858 g/mol. The summed E-state index contributed by atoms with van der Waals surface area (Å²) < 4.78 is 13.0. The van der Waals surface area contributed by atoms with Crippen molar-refractivity contribution in [3.05, 3.63) is 121 Å². The van der Waals surface area contributed by atoms with E-state index < -0.39 is 0 Å². The Morgan fingerprint density at radius 1 is 0.764 bits per heavy atom. The number of carbonyl (C=O) groups excluding carboxylic acids is 1. The van der Waals surface area contributed by atoms with Crippen LogP contribution in [-0.4, -0.2) is 22.6 Å². The van der Waals surface area contributed by atoms with Crippen LogP contribution < -0.4 is 25.9 Å². The third-order valence-corrected chi connectivity index (χ3v) is 11.1. The molecule has 55 heavy (non-hydrogen) atoms. The topological polar surface area (TPSA) is 68.7 Å². The van der Waals surface area contributed by atoms with Crippen molar-refractivity contribution in [2.75, 3.05) is 0 Å². The third kappa shape index (κ3) is 7.62. The Bertz CT molecular complexity index is 2390. The van der Waals surface area contributed by atoms with Crippen LogP contribution in [0.5, 0.6) is 23.0 Å². The van der Waals surface area contributed by atoms with Crippen molar-refractivity contribution < 1.29 is 39.5 Å². The minimum Gasteiger partial charge on any atom is -0.512 e. The van der Waals surface area contributed by atoms with Gasteiger partial charge in [0.05, 0.1) is 5.76 Å². The molecule has 2 aliphatic rings. The zero-order chi connectivity index (χ0) is 38.1. The molecule has 0 saturated heterocycles. The van der Waals surface area contributed by atoms with Crippen molar-refractivity contribution in [1.29, 1.82) is 0 Å². The molecule has 0 unspecified atom stereocenters. The van der Waals surface area contributed by atoms with Gasteiger partial charge in [0.2, 0.25) is 0 Å². The quantitative estimate of drug-likeness (QED) is 0.0712. The standard InChI is InChI=1S/C35H25BNO2.C13H24O2.Ir/c1-35(2,3)26-20-22(19-21-9-4-5-10-23(21)26)33-24-15-16-28-34(25(24)17-18-37-33)39-31-14-8-13-30-32(31)36(28)27-11-6-7-12-29(27)38-30;1-5-10(6-2)12(14)9-13(15)11(7-3)8-4;/h4-18,20H,1-3H3;9-11,14H,5-8H2,1-4H3;/q-1;;/b;12-9-;. The molecule has 0 bridgehead atoms. The summed E-state index contributed by atoms with van der Waals surface area (Å²) in [5, 5.41) is 14.2. The van der Waals surface area contributed by atoms with Crippen LogP contribution >= 0.6 is 0 Å². The van der Waals surface area contributed by atoms with Crippen molar-refractivity contribution in [3.8, 4) is 34.3 Å². The molecule has 0 fully saturated rings. The molecule has 1 radical (unpaired) electrons. The Balaban J connectivity index is 0.000000276. The van der Waals surface area contributed by atoms with Crippen LogP contribution in [0.2, 0.25) is 0 Å². The molecular formula is C48H49BIrNO4-. The Hall–Kier alpha value is -4.71. The maximum absolute atomic E-state index is 11.7. The van der Waals surface area contributed by atoms with Crippen LogP contribution in [0.3, 0.4) is 0 Å². The number of hydrogen-bond donors (Lipinski definition) is 1. The molecule has 0 aliphatic carbocycles. The summed E-state index contributed by atoms with van der Waals surface area (Å²) in [5.41, 5.74) is 6.59. The first-order valence-corrected chi connectivity index (χ1v) is 19.5. The maximum Gasteiger partial charge on any atom is 0.260 e. The number of aromatic nitrogens is 1. The molecule has 3 heterocycles. The van der Waals surface area contributed by atoms with Gasteiger partial charge in [0.1, 0.15) is 23.0 Å². The number of rotatable bonds is 8. The number of aliphatic hydroxyl groups is 1. The van der Waals surface area contributed by atoms with Gasteiger partial charge in [-0.15, -0.1) is 29.1 Å². The largest absolute Gasteiger partial charge is 0.512 e. The number of allylic oxidation sites excluding steroid dienone is 2. The Kier molecular flexibility index (Phi) is 12.0. The van der Waals surface area contributed by atoms with E-state index in [2.05, 4.69) is 87.5 Å². The maximum atomic E-state index is 11.7. The molecule has 2 aliphatic heterocycles. The fourth-order valence-electron chi connectivity index (χ4n) is 8.06. The predicted molar refractivity (Wildman–Crippen MR) is 224 cm³/mol. The fourth-order valence-corrected chi connectivity index (χ4v) is 8.06. The van der Waals surface area contributed by atoms with Crippen LogP contribution in [0.15, 0.2) is 109 Å². The number of ketones is 1. The molecule has 0 saturated carbocycles. The number of hydrogen-bond acceptors (Lipinski definition) is 5. The first-order chi connectivity index (χ1) is 26.1. The van der Waals surface area contributed by atoms with Gasteiger partial charge in [-0.3, -0.25) is 9.78 Å². The van der Waals surface area contributed by atoms with Crippen LogP contribution in [0, 0.1) is 17.9 Å². The monoisotopic (exact) mass is 907 g/mol. The minimum absolute atomic E-state index is 0. The van der Waals surface area contributed by atoms with Gasteiger partial charge in [-0.05, 0) is 71.7 Å². The van der Waals surface area contributed by atoms with E-state index in [0.717, 1.165) is 92.5 Å². The molecule has 5 nitrogen and oxygen atoms in total. The molecule has 6 aromatic rings. The number of pyridine rings is 1. The summed E-state index contributed by atoms with van der Waals surface area (Å²) in [7, 11) is 0. The molecule has 5 aromatic carbocycles. The number of ether oxygens (including phenoxy) is 2. The molecule has 0 amide bonds. The van der Waals surface area contributed by atoms with Gasteiger partial charge in [0, 0.05) is 60.8 Å². The number of fused-ring (bicyclic) bond motifs is 7. The minimum atomic E-state index is -0.0197. The van der Waals surface area contributed by atoms with Gasteiger partial charge >= 0.3 is 0 Å². The van der Waals surface area contributed by atoms with Gasteiger partial charge in [0.25, 0.3) is 6.71 Å². The number of benzene rings is 5. The molecule has 0 spiro atoms. The zero-order valence-corrected chi connectivity index (χ0v) is 35.2. The van der Waals surface area contributed by atoms with Crippen LogP contribution in [0.25, 0.3) is 32.8 Å². The predicted octanol–water partition coefficient (Wildman–Crippen LogP) is 10.7. The summed E-state index contributed by atoms with van der Waals surface area (Å²) in [6.07, 6.45) is 6.80. The van der Waals surface area contributed by atoms with E-state index in [-0.39, 0.29) is 55.6 Å². The third-order valence-electron chi connectivity index (χ3n) is 11.1. The average molecular weight is 907 g/mol. The van der Waals surface area contributed by atoms with E-state index in [0.29, 0.717) is 0 Å². The second kappa shape index (κ2) is 16.6. The molecule has 8 rings (SSSR count). The molecule has 7 heteroatoms. The number of aliphatic hydroxyl groups excluding tert-OH is 1. The van der Waals surface area contributed by atoms with E-state index >= 15 is 0 Å². The SMILES string of the molecule is CC(C)(C)c1cc(-c2nccc3c4c(ccc23)B2c3ccccc3Oc3cccc(c32)O4)[c-]c2ccccc12.CCC(CC)C(=O)/C=C(\O)C(CC)CC.[Ir]. The van der Waals surface area contributed by atoms with Gasteiger partial charge < -0.3 is 14.6 Å². The Labute approximate surface area is 339 Å². The van der Waals surface area contributed by atoms with Gasteiger partial charge in [0.15, 0.2) is 5.78 Å². The summed E-state index contributed by atoms with van der Waals surface area (Å²) in [6, 6.07) is 35.3. The van der Waals surface area contributed by atoms with E-state index in [4.69, 9.17) is 14.5 Å². The zero-order valence-electron chi connectivity index (χ0n) is 32.8. The second-order valence-corrected chi connectivity index (χ2v) is 15.5. The summed E-state index contributed by atoms with van der Waals surface area (Å²) >= 11 is 0. The second-order valence-electron chi connectivity index (χ2n) is 15.5. The van der Waals surface area contributed by atoms with Crippen molar-refractivity contribution in [3.63, 3.8) is 0 Å². The number of para-hydroxylation sites is 1.